The maximum atomic E-state index is 12.0. The van der Waals surface area contributed by atoms with E-state index in [1.807, 2.05) is 12.2 Å². The molecular weight excluding hydrogens is 744 g/mol. The van der Waals surface area contributed by atoms with Crippen molar-refractivity contribution in [2.24, 2.45) is 47.3 Å². The van der Waals surface area contributed by atoms with Gasteiger partial charge in [0.25, 0.3) is 0 Å². The van der Waals surface area contributed by atoms with Crippen LogP contribution in [0.1, 0.15) is 64.2 Å². The fraction of sp³-hybridized carbons (Fsp3) is 0.522. The van der Waals surface area contributed by atoms with Gasteiger partial charge < -0.3 is 60.5 Å². The smallest absolute Gasteiger partial charge is 0.119 e. The Bertz CT molecular complexity index is 2150. The lowest BCUT2D eigenvalue weighted by atomic mass is 9.63. The topological polar surface area (TPSA) is 221 Å². The van der Waals surface area contributed by atoms with Crippen LogP contribution in [0.15, 0.2) is 127 Å². The Hall–Kier alpha value is -4.62. The van der Waals surface area contributed by atoms with Gasteiger partial charge >= 0.3 is 0 Å². The van der Waals surface area contributed by atoms with E-state index in [-0.39, 0.29) is 97.3 Å². The van der Waals surface area contributed by atoms with Crippen molar-refractivity contribution in [2.75, 3.05) is 14.2 Å². The molecule has 0 aromatic carbocycles. The Morgan fingerprint density at radius 2 is 1.21 bits per heavy atom. The van der Waals surface area contributed by atoms with Crippen molar-refractivity contribution >= 4 is 0 Å². The molecule has 16 bridgehead atoms. The van der Waals surface area contributed by atoms with E-state index in [0.717, 1.165) is 11.1 Å². The van der Waals surface area contributed by atoms with Gasteiger partial charge in [0.05, 0.1) is 50.2 Å². The van der Waals surface area contributed by atoms with Crippen molar-refractivity contribution in [3.05, 3.63) is 127 Å². The standard InChI is InChI=1S/C46H54O12/c1-57-42-12-25-7-21-3-19(35(47)17-37(21)49)5-23-9-39(51)27-14-32-28(13-31(27)43(23)54)40(52)10-24(44(32)55)6-20-4-22(38(50)18-36(20)48)8-26-11-41(53)29-15-33(45(25)56)30(42)16-34(29)46(26)58-2/h10,12-13,16-19,22,25-27,29,32-33,39,41,44-45,47-56H,3-9,11,14-15H2,1-2H3. The van der Waals surface area contributed by atoms with Gasteiger partial charge in [-0.05, 0) is 128 Å². The average molecular weight is 799 g/mol. The van der Waals surface area contributed by atoms with Crippen molar-refractivity contribution in [1.29, 1.82) is 0 Å². The largest absolute Gasteiger partial charge is 0.512 e. The number of aliphatic hydroxyl groups excluding tert-OH is 10. The summed E-state index contributed by atoms with van der Waals surface area (Å²) in [7, 11) is 3.17. The highest BCUT2D eigenvalue weighted by Crippen LogP contribution is 2.53. The van der Waals surface area contributed by atoms with Gasteiger partial charge in [0, 0.05) is 65.1 Å². The normalized spacial score (nSPS) is 38.9. The Labute approximate surface area is 337 Å². The molecule has 0 spiro atoms. The van der Waals surface area contributed by atoms with Crippen LogP contribution in [0.5, 0.6) is 0 Å². The summed E-state index contributed by atoms with van der Waals surface area (Å²) in [5.41, 5.74) is 4.71. The zero-order valence-corrected chi connectivity index (χ0v) is 32.8. The monoisotopic (exact) mass is 798 g/mol. The second kappa shape index (κ2) is 14.6. The minimum atomic E-state index is -1.05. The molecule has 0 radical (unpaired) electrons. The van der Waals surface area contributed by atoms with E-state index in [1.54, 1.807) is 20.3 Å². The molecule has 0 aromatic heterocycles. The van der Waals surface area contributed by atoms with Gasteiger partial charge in [-0.3, -0.25) is 0 Å². The first-order chi connectivity index (χ1) is 27.7. The molecular formula is C46H54O12. The number of ether oxygens (including phenoxy) is 2. The molecule has 1 fully saturated rings. The van der Waals surface area contributed by atoms with Gasteiger partial charge in [-0.25, -0.2) is 0 Å². The third-order valence-electron chi connectivity index (χ3n) is 14.8. The molecule has 0 aliphatic heterocycles. The van der Waals surface area contributed by atoms with Gasteiger partial charge in [0.2, 0.25) is 0 Å². The lowest BCUT2D eigenvalue weighted by Gasteiger charge is -2.45. The molecule has 0 aromatic rings. The maximum Gasteiger partial charge on any atom is 0.119 e. The van der Waals surface area contributed by atoms with Gasteiger partial charge in [-0.2, -0.15) is 0 Å². The molecule has 12 nitrogen and oxygen atoms in total. The number of rotatable bonds is 2. The fourth-order valence-electron chi connectivity index (χ4n) is 11.8. The summed E-state index contributed by atoms with van der Waals surface area (Å²) in [5, 5.41) is 115. The van der Waals surface area contributed by atoms with Gasteiger partial charge in [-0.15, -0.1) is 0 Å². The number of hydrogen-bond donors (Lipinski definition) is 10. The van der Waals surface area contributed by atoms with E-state index >= 15 is 0 Å². The van der Waals surface area contributed by atoms with Crippen LogP contribution in [0.2, 0.25) is 0 Å². The third-order valence-corrected chi connectivity index (χ3v) is 14.8. The van der Waals surface area contributed by atoms with Crippen molar-refractivity contribution < 1.29 is 60.5 Å². The van der Waals surface area contributed by atoms with Crippen molar-refractivity contribution in [1.82, 2.24) is 0 Å². The molecule has 0 heterocycles. The summed E-state index contributed by atoms with van der Waals surface area (Å²) in [6, 6.07) is 0. The number of allylic oxidation sites excluding steroid dienone is 12. The van der Waals surface area contributed by atoms with Gasteiger partial charge in [0.1, 0.15) is 34.6 Å². The lowest BCUT2D eigenvalue weighted by Crippen LogP contribution is -2.43. The second-order valence-electron chi connectivity index (χ2n) is 18.0. The van der Waals surface area contributed by atoms with E-state index in [1.165, 1.54) is 18.2 Å². The second-order valence-corrected chi connectivity index (χ2v) is 18.0. The number of aliphatic hydroxyl groups is 10. The molecule has 1 saturated carbocycles. The lowest BCUT2D eigenvalue weighted by molar-refractivity contribution is 0.0191. The highest BCUT2D eigenvalue weighted by atomic mass is 16.5. The Balaban J connectivity index is 1.16. The number of hydrogen-bond acceptors (Lipinski definition) is 12. The molecule has 58 heavy (non-hydrogen) atoms. The zero-order valence-electron chi connectivity index (χ0n) is 32.8. The summed E-state index contributed by atoms with van der Waals surface area (Å²) < 4.78 is 12.0. The predicted molar refractivity (Wildman–Crippen MR) is 212 cm³/mol. The summed E-state index contributed by atoms with van der Waals surface area (Å²) in [6.45, 7) is 0. The van der Waals surface area contributed by atoms with Crippen molar-refractivity contribution in [2.45, 2.75) is 88.6 Å². The van der Waals surface area contributed by atoms with E-state index in [0.29, 0.717) is 64.2 Å². The minimum Gasteiger partial charge on any atom is -0.512 e. The Morgan fingerprint density at radius 3 is 1.95 bits per heavy atom. The van der Waals surface area contributed by atoms with Crippen molar-refractivity contribution in [3.63, 3.8) is 0 Å². The highest BCUT2D eigenvalue weighted by molar-refractivity contribution is 5.52. The van der Waals surface area contributed by atoms with Crippen LogP contribution in [-0.2, 0) is 9.47 Å². The van der Waals surface area contributed by atoms with E-state index in [9.17, 15) is 51.1 Å². The van der Waals surface area contributed by atoms with Crippen LogP contribution < -0.4 is 0 Å². The predicted octanol–water partition coefficient (Wildman–Crippen LogP) is 6.73. The first-order valence-corrected chi connectivity index (χ1v) is 20.6. The molecule has 0 amide bonds. The number of methoxy groups -OCH3 is 2. The third kappa shape index (κ3) is 6.34. The SMILES string of the molecule is COC1=CC2CC3=C(O)C=C(O)C(C3)CC3=C(O)C4=CC5=C(O)C=C(CC6=C(O)C=C(O)C(C6)CC6CC(O)C7CC(C1=CC7=C6OC)C2O)C(O)C5CC4C(O)C3. The van der Waals surface area contributed by atoms with E-state index < -0.39 is 54.0 Å². The fourth-order valence-corrected chi connectivity index (χ4v) is 11.8. The molecule has 310 valence electrons. The Morgan fingerprint density at radius 1 is 0.534 bits per heavy atom. The Kier molecular flexibility index (Phi) is 9.77. The molecule has 20 aliphatic carbocycles. The van der Waals surface area contributed by atoms with Gasteiger partial charge in [-0.1, -0.05) is 0 Å². The van der Waals surface area contributed by atoms with Crippen LogP contribution in [0.4, 0.5) is 0 Å². The minimum absolute atomic E-state index is 0.00222. The first-order valence-electron chi connectivity index (χ1n) is 20.6. The first kappa shape index (κ1) is 38.9. The molecule has 20 rings (SSSR count). The molecule has 12 atom stereocenters. The van der Waals surface area contributed by atoms with Crippen LogP contribution in [-0.4, -0.2) is 89.7 Å². The van der Waals surface area contributed by atoms with Gasteiger partial charge in [0.15, 0.2) is 0 Å². The van der Waals surface area contributed by atoms with E-state index in [2.05, 4.69) is 0 Å². The zero-order chi connectivity index (χ0) is 40.9. The molecule has 12 unspecified atom stereocenters. The summed E-state index contributed by atoms with van der Waals surface area (Å²) in [6.07, 6.45) is 8.68. The van der Waals surface area contributed by atoms with Crippen LogP contribution in [0.25, 0.3) is 0 Å². The molecule has 12 heteroatoms. The quantitative estimate of drug-likeness (QED) is 0.141. The average Bonchev–Trinajstić information content (AvgIpc) is 3.19. The van der Waals surface area contributed by atoms with E-state index in [4.69, 9.17) is 9.47 Å². The summed E-state index contributed by atoms with van der Waals surface area (Å²) in [4.78, 5) is 0. The molecule has 10 N–H and O–H groups in total. The summed E-state index contributed by atoms with van der Waals surface area (Å²) >= 11 is 0. The summed E-state index contributed by atoms with van der Waals surface area (Å²) in [5.74, 6) is -2.63. The molecule has 20 aliphatic rings. The maximum absolute atomic E-state index is 12.0. The van der Waals surface area contributed by atoms with Crippen LogP contribution in [0, 0.1) is 47.3 Å². The van der Waals surface area contributed by atoms with Crippen LogP contribution >= 0.6 is 0 Å². The highest BCUT2D eigenvalue weighted by Gasteiger charge is 2.48. The van der Waals surface area contributed by atoms with Crippen molar-refractivity contribution in [3.8, 4) is 0 Å². The van der Waals surface area contributed by atoms with Crippen LogP contribution in [0.3, 0.4) is 0 Å². The molecule has 0 saturated heterocycles.